The second kappa shape index (κ2) is 6.32. The lowest BCUT2D eigenvalue weighted by molar-refractivity contribution is -0.102. The third kappa shape index (κ3) is 2.79. The van der Waals surface area contributed by atoms with Gasteiger partial charge in [0.25, 0.3) is 0 Å². The Morgan fingerprint density at radius 3 is 2.90 bits per heavy atom. The molecule has 1 aromatic carbocycles. The van der Waals surface area contributed by atoms with E-state index in [4.69, 9.17) is 14.5 Å². The maximum atomic E-state index is 6.04. The van der Waals surface area contributed by atoms with Gasteiger partial charge in [0.05, 0.1) is 14.8 Å². The minimum Gasteiger partial charge on any atom is -0.464 e. The van der Waals surface area contributed by atoms with Crippen molar-refractivity contribution < 1.29 is 9.47 Å². The molecule has 0 saturated carbocycles. The van der Waals surface area contributed by atoms with E-state index in [1.165, 1.54) is 0 Å². The van der Waals surface area contributed by atoms with Crippen LogP contribution in [0.3, 0.4) is 0 Å². The van der Waals surface area contributed by atoms with Gasteiger partial charge in [0.1, 0.15) is 5.76 Å². The van der Waals surface area contributed by atoms with Crippen LogP contribution in [-0.4, -0.2) is 12.1 Å². The molecule has 0 fully saturated rings. The van der Waals surface area contributed by atoms with Crippen molar-refractivity contribution in [2.24, 2.45) is 0 Å². The quantitative estimate of drug-likeness (QED) is 0.667. The van der Waals surface area contributed by atoms with Crippen molar-refractivity contribution >= 4 is 37.1 Å². The highest BCUT2D eigenvalue weighted by Gasteiger charge is 2.28. The summed E-state index contributed by atoms with van der Waals surface area (Å²) in [5.41, 5.74) is 3.02. The Kier molecular flexibility index (Phi) is 4.45. The number of allylic oxidation sites excluding steroid dienone is 1. The minimum absolute atomic E-state index is 0.359. The van der Waals surface area contributed by atoms with E-state index < -0.39 is 0 Å². The summed E-state index contributed by atoms with van der Waals surface area (Å²) in [5, 5.41) is 1.11. The molecular formula is C17H18INO2. The number of ether oxygens (including phenoxy) is 2. The molecule has 2 aromatic rings. The topological polar surface area (TPSA) is 31.4 Å². The minimum atomic E-state index is -0.359. The summed E-state index contributed by atoms with van der Waals surface area (Å²) in [5.74, 6) is 1.000. The fraction of sp³-hybridized carbons (Fsp3) is 0.353. The number of nitrogens with zero attached hydrogens (tertiary/aromatic N) is 1. The van der Waals surface area contributed by atoms with Gasteiger partial charge in [0.2, 0.25) is 6.29 Å². The van der Waals surface area contributed by atoms with Crippen LogP contribution >= 0.6 is 22.6 Å². The molecule has 1 aliphatic heterocycles. The second-order valence-corrected chi connectivity index (χ2v) is 6.22. The Morgan fingerprint density at radius 1 is 1.33 bits per heavy atom. The number of methoxy groups -OCH3 is 1. The average molecular weight is 395 g/mol. The van der Waals surface area contributed by atoms with Gasteiger partial charge in [-0.05, 0) is 41.1 Å². The summed E-state index contributed by atoms with van der Waals surface area (Å²) in [7, 11) is 1.68. The van der Waals surface area contributed by atoms with E-state index in [-0.39, 0.29) is 6.29 Å². The van der Waals surface area contributed by atoms with Crippen LogP contribution in [-0.2, 0) is 9.47 Å². The fourth-order valence-electron chi connectivity index (χ4n) is 2.55. The first-order valence-corrected chi connectivity index (χ1v) is 8.30. The number of benzene rings is 1. The predicted octanol–water partition coefficient (Wildman–Crippen LogP) is 5.20. The number of aromatic nitrogens is 1. The van der Waals surface area contributed by atoms with Crippen LogP contribution in [0.2, 0.25) is 0 Å². The van der Waals surface area contributed by atoms with E-state index in [0.29, 0.717) is 0 Å². The van der Waals surface area contributed by atoms with E-state index in [9.17, 15) is 0 Å². The summed E-state index contributed by atoms with van der Waals surface area (Å²) in [6, 6.07) is 10.3. The maximum Gasteiger partial charge on any atom is 0.228 e. The number of pyridine rings is 1. The first-order chi connectivity index (χ1) is 10.2. The van der Waals surface area contributed by atoms with E-state index in [1.54, 1.807) is 7.11 Å². The van der Waals surface area contributed by atoms with Crippen LogP contribution in [0, 0.1) is 0 Å². The third-order valence-corrected chi connectivity index (χ3v) is 4.79. The SMILES string of the molecule is CCCCC1=C(I)c2nc3ccccc3cc2C(OC)O1. The van der Waals surface area contributed by atoms with Gasteiger partial charge < -0.3 is 9.47 Å². The van der Waals surface area contributed by atoms with Crippen LogP contribution in [0.15, 0.2) is 36.1 Å². The molecule has 110 valence electrons. The number of hydrogen-bond acceptors (Lipinski definition) is 3. The van der Waals surface area contributed by atoms with Crippen molar-refractivity contribution in [1.82, 2.24) is 4.98 Å². The Labute approximate surface area is 138 Å². The van der Waals surface area contributed by atoms with E-state index in [0.717, 1.165) is 50.8 Å². The first-order valence-electron chi connectivity index (χ1n) is 7.22. The standard InChI is InChI=1S/C17H18INO2/c1-3-4-9-14-15(18)16-12(17(20-2)21-14)10-11-7-5-6-8-13(11)19-16/h5-8,10,17H,3-4,9H2,1-2H3. The fourth-order valence-corrected chi connectivity index (χ4v) is 3.37. The summed E-state index contributed by atoms with van der Waals surface area (Å²) >= 11 is 2.35. The van der Waals surface area contributed by atoms with Crippen molar-refractivity contribution in [3.63, 3.8) is 0 Å². The summed E-state index contributed by atoms with van der Waals surface area (Å²) < 4.78 is 12.7. The lowest BCUT2D eigenvalue weighted by Gasteiger charge is -2.27. The molecule has 1 aromatic heterocycles. The smallest absolute Gasteiger partial charge is 0.228 e. The monoisotopic (exact) mass is 395 g/mol. The van der Waals surface area contributed by atoms with Gasteiger partial charge >= 0.3 is 0 Å². The van der Waals surface area contributed by atoms with Gasteiger partial charge in [-0.3, -0.25) is 0 Å². The highest BCUT2D eigenvalue weighted by molar-refractivity contribution is 14.1. The zero-order valence-corrected chi connectivity index (χ0v) is 14.4. The maximum absolute atomic E-state index is 6.04. The average Bonchev–Trinajstić information content (AvgIpc) is 2.53. The molecule has 1 aliphatic rings. The van der Waals surface area contributed by atoms with Gasteiger partial charge in [-0.2, -0.15) is 0 Å². The van der Waals surface area contributed by atoms with Crippen molar-refractivity contribution in [1.29, 1.82) is 0 Å². The Hall–Kier alpha value is -1.14. The summed E-state index contributed by atoms with van der Waals surface area (Å²) in [6.45, 7) is 2.18. The van der Waals surface area contributed by atoms with Crippen LogP contribution in [0.4, 0.5) is 0 Å². The molecule has 0 N–H and O–H groups in total. The highest BCUT2D eigenvalue weighted by atomic mass is 127. The molecule has 0 radical (unpaired) electrons. The zero-order valence-electron chi connectivity index (χ0n) is 12.2. The number of rotatable bonds is 4. The Balaban J connectivity index is 2.14. The number of unbranched alkanes of at least 4 members (excludes halogenated alkanes) is 1. The van der Waals surface area contributed by atoms with Crippen molar-refractivity contribution in [2.45, 2.75) is 32.5 Å². The third-order valence-electron chi connectivity index (χ3n) is 3.68. The van der Waals surface area contributed by atoms with Crippen LogP contribution in [0.5, 0.6) is 0 Å². The van der Waals surface area contributed by atoms with Gasteiger partial charge in [-0.25, -0.2) is 4.98 Å². The van der Waals surface area contributed by atoms with Gasteiger partial charge in [-0.15, -0.1) is 0 Å². The lowest BCUT2D eigenvalue weighted by Crippen LogP contribution is -2.15. The van der Waals surface area contributed by atoms with Gasteiger partial charge in [-0.1, -0.05) is 31.5 Å². The molecule has 0 aliphatic carbocycles. The molecule has 0 saturated heterocycles. The molecule has 3 nitrogen and oxygen atoms in total. The molecule has 21 heavy (non-hydrogen) atoms. The Bertz CT molecular complexity index is 696. The molecule has 3 rings (SSSR count). The normalized spacial score (nSPS) is 17.8. The van der Waals surface area contributed by atoms with E-state index >= 15 is 0 Å². The van der Waals surface area contributed by atoms with E-state index in [2.05, 4.69) is 41.6 Å². The number of para-hydroxylation sites is 1. The first kappa shape index (κ1) is 14.8. The van der Waals surface area contributed by atoms with E-state index in [1.807, 2.05) is 18.2 Å². The molecule has 0 amide bonds. The summed E-state index contributed by atoms with van der Waals surface area (Å²) in [6.07, 6.45) is 2.83. The van der Waals surface area contributed by atoms with Gasteiger partial charge in [0, 0.05) is 24.5 Å². The van der Waals surface area contributed by atoms with Gasteiger partial charge in [0.15, 0.2) is 0 Å². The molecule has 1 unspecified atom stereocenters. The van der Waals surface area contributed by atoms with Crippen LogP contribution in [0.25, 0.3) is 14.5 Å². The van der Waals surface area contributed by atoms with Crippen LogP contribution < -0.4 is 0 Å². The zero-order chi connectivity index (χ0) is 14.8. The second-order valence-electron chi connectivity index (χ2n) is 5.15. The molecule has 4 heteroatoms. The highest BCUT2D eigenvalue weighted by Crippen LogP contribution is 2.41. The van der Waals surface area contributed by atoms with Crippen molar-refractivity contribution in [3.8, 4) is 0 Å². The Morgan fingerprint density at radius 2 is 2.14 bits per heavy atom. The molecular weight excluding hydrogens is 377 g/mol. The predicted molar refractivity (Wildman–Crippen MR) is 93.0 cm³/mol. The largest absolute Gasteiger partial charge is 0.464 e. The molecule has 0 spiro atoms. The number of halogens is 1. The van der Waals surface area contributed by atoms with Crippen LogP contribution in [0.1, 0.15) is 43.7 Å². The van der Waals surface area contributed by atoms with Crippen molar-refractivity contribution in [2.75, 3.05) is 7.11 Å². The molecule has 2 heterocycles. The summed E-state index contributed by atoms with van der Waals surface area (Å²) in [4.78, 5) is 4.83. The molecule has 0 bridgehead atoms. The number of hydrogen-bond donors (Lipinski definition) is 0. The lowest BCUT2D eigenvalue weighted by atomic mass is 10.0. The van der Waals surface area contributed by atoms with Crippen molar-refractivity contribution in [3.05, 3.63) is 47.3 Å². The number of fused-ring (bicyclic) bond motifs is 2. The molecule has 1 atom stereocenters.